The van der Waals surface area contributed by atoms with Gasteiger partial charge in [0.2, 0.25) is 0 Å². The number of nitrogens with zero attached hydrogens (tertiary/aromatic N) is 4. The van der Waals surface area contributed by atoms with Gasteiger partial charge in [-0.25, -0.2) is 0 Å². The fourth-order valence-corrected chi connectivity index (χ4v) is 7.68. The molecule has 0 radical (unpaired) electrons. The molecule has 2 N–H and O–H groups in total. The second-order valence-electron chi connectivity index (χ2n) is 11.5. The predicted octanol–water partition coefficient (Wildman–Crippen LogP) is 8.73. The molecule has 0 saturated heterocycles. The Morgan fingerprint density at radius 1 is 0.578 bits per heavy atom. The van der Waals surface area contributed by atoms with Gasteiger partial charge < -0.3 is 20.4 Å². The Morgan fingerprint density at radius 2 is 0.956 bits per heavy atom. The lowest BCUT2D eigenvalue weighted by molar-refractivity contribution is 0.324. The van der Waals surface area contributed by atoms with E-state index < -0.39 is 0 Å². The highest BCUT2D eigenvalue weighted by Gasteiger charge is 2.13. The number of nitrogens with one attached hydrogen (secondary N) is 2. The molecular formula is C36H55ClN6S2. The fraction of sp³-hybridized carbons (Fsp3) is 0.556. The van der Waals surface area contributed by atoms with Crippen LogP contribution in [0.15, 0.2) is 36.4 Å². The van der Waals surface area contributed by atoms with E-state index in [-0.39, 0.29) is 12.4 Å². The molecule has 4 rings (SSSR count). The van der Waals surface area contributed by atoms with Crippen molar-refractivity contribution in [1.29, 1.82) is 0 Å². The average Bonchev–Trinajstić information content (AvgIpc) is 3.03. The Kier molecular flexibility index (Phi) is 16.4. The molecule has 2 aromatic heterocycles. The largest absolute Gasteiger partial charge is 0.384 e. The van der Waals surface area contributed by atoms with Crippen LogP contribution in [0.1, 0.15) is 51.9 Å². The van der Waals surface area contributed by atoms with Crippen molar-refractivity contribution < 1.29 is 0 Å². The molecule has 9 heteroatoms. The summed E-state index contributed by atoms with van der Waals surface area (Å²) in [4.78, 5) is 15.0. The standard InChI is InChI=1S/C36H54N6S2.ClH/c1-7-41(8-2)19-23-43-21-11-17-37-33-25-27(5)39-35-29-14-16-32-34(38-18-12-22-44-24-20-42(9-3)10-4)26-28(6)40-36(32)30(29)13-15-31(33)35;/h13-16,25-26H,7-12,17-24H2,1-6H3,(H,37,39)(H,38,40);1H. The summed E-state index contributed by atoms with van der Waals surface area (Å²) >= 11 is 4.12. The highest BCUT2D eigenvalue weighted by molar-refractivity contribution is 7.99. The number of benzene rings is 2. The summed E-state index contributed by atoms with van der Waals surface area (Å²) in [5.74, 6) is 4.78. The van der Waals surface area contributed by atoms with Crippen LogP contribution in [0.2, 0.25) is 0 Å². The zero-order valence-corrected chi connectivity index (χ0v) is 30.8. The quantitative estimate of drug-likeness (QED) is 0.0715. The zero-order chi connectivity index (χ0) is 31.3. The van der Waals surface area contributed by atoms with E-state index in [0.717, 1.165) is 74.5 Å². The second-order valence-corrected chi connectivity index (χ2v) is 13.9. The molecule has 0 saturated carbocycles. The predicted molar refractivity (Wildman–Crippen MR) is 208 cm³/mol. The van der Waals surface area contributed by atoms with Crippen molar-refractivity contribution in [2.24, 2.45) is 0 Å². The first-order valence-electron chi connectivity index (χ1n) is 16.7. The van der Waals surface area contributed by atoms with Crippen molar-refractivity contribution >= 4 is 79.9 Å². The van der Waals surface area contributed by atoms with Crippen molar-refractivity contribution in [3.05, 3.63) is 47.8 Å². The van der Waals surface area contributed by atoms with Crippen molar-refractivity contribution in [1.82, 2.24) is 19.8 Å². The molecule has 2 aromatic carbocycles. The highest BCUT2D eigenvalue weighted by Crippen LogP contribution is 2.35. The minimum atomic E-state index is 0. The van der Waals surface area contributed by atoms with Gasteiger partial charge in [-0.15, -0.1) is 12.4 Å². The van der Waals surface area contributed by atoms with Crippen LogP contribution in [-0.4, -0.2) is 95.1 Å². The summed E-state index contributed by atoms with van der Waals surface area (Å²) in [6, 6.07) is 13.3. The van der Waals surface area contributed by atoms with Gasteiger partial charge in [0.1, 0.15) is 0 Å². The summed E-state index contributed by atoms with van der Waals surface area (Å²) in [5, 5.41) is 12.2. The molecule has 0 atom stereocenters. The van der Waals surface area contributed by atoms with Gasteiger partial charge in [0.15, 0.2) is 0 Å². The minimum Gasteiger partial charge on any atom is -0.384 e. The molecular weight excluding hydrogens is 616 g/mol. The first-order valence-corrected chi connectivity index (χ1v) is 19.0. The van der Waals surface area contributed by atoms with E-state index in [9.17, 15) is 0 Å². The molecule has 0 spiro atoms. The van der Waals surface area contributed by atoms with Crippen molar-refractivity contribution in [2.75, 3.05) is 86.0 Å². The number of hydrogen-bond acceptors (Lipinski definition) is 8. The number of aromatic nitrogens is 2. The molecule has 0 aliphatic heterocycles. The summed E-state index contributed by atoms with van der Waals surface area (Å²) in [6.07, 6.45) is 2.30. The van der Waals surface area contributed by atoms with Gasteiger partial charge in [0, 0.05) is 82.0 Å². The van der Waals surface area contributed by atoms with E-state index in [1.165, 1.54) is 69.0 Å². The Balaban J connectivity index is 0.00000552. The monoisotopic (exact) mass is 670 g/mol. The van der Waals surface area contributed by atoms with Crippen LogP contribution >= 0.6 is 35.9 Å². The van der Waals surface area contributed by atoms with E-state index in [1.54, 1.807) is 0 Å². The van der Waals surface area contributed by atoms with E-state index in [0.29, 0.717) is 0 Å². The number of thioether (sulfide) groups is 2. The molecule has 45 heavy (non-hydrogen) atoms. The summed E-state index contributed by atoms with van der Waals surface area (Å²) < 4.78 is 0. The van der Waals surface area contributed by atoms with Crippen LogP contribution in [0.5, 0.6) is 0 Å². The van der Waals surface area contributed by atoms with E-state index in [1.807, 2.05) is 0 Å². The van der Waals surface area contributed by atoms with E-state index >= 15 is 0 Å². The molecule has 0 bridgehead atoms. The third-order valence-electron chi connectivity index (χ3n) is 8.46. The van der Waals surface area contributed by atoms with Gasteiger partial charge in [-0.05, 0) is 76.5 Å². The molecule has 4 aromatic rings. The van der Waals surface area contributed by atoms with E-state index in [2.05, 4.69) is 122 Å². The Bertz CT molecular complexity index is 1360. The maximum absolute atomic E-state index is 5.03. The second kappa shape index (κ2) is 19.6. The lowest BCUT2D eigenvalue weighted by Crippen LogP contribution is -2.25. The molecule has 248 valence electrons. The van der Waals surface area contributed by atoms with Gasteiger partial charge in [0.25, 0.3) is 0 Å². The number of rotatable bonds is 20. The maximum atomic E-state index is 5.03. The van der Waals surface area contributed by atoms with Crippen molar-refractivity contribution in [3.63, 3.8) is 0 Å². The maximum Gasteiger partial charge on any atom is 0.0805 e. The normalized spacial score (nSPS) is 11.6. The van der Waals surface area contributed by atoms with Gasteiger partial charge >= 0.3 is 0 Å². The SMILES string of the molecule is CCN(CC)CCSCCCNc1cc(C)nc2c1ccc1c2ccc2c(NCCCSCCN(CC)CC)cc(C)nc21.Cl. The zero-order valence-electron chi connectivity index (χ0n) is 28.4. The molecule has 0 aliphatic carbocycles. The van der Waals surface area contributed by atoms with Crippen LogP contribution in [0.25, 0.3) is 32.6 Å². The van der Waals surface area contributed by atoms with Gasteiger partial charge in [-0.2, -0.15) is 23.5 Å². The van der Waals surface area contributed by atoms with Gasteiger partial charge in [0.05, 0.1) is 11.0 Å². The van der Waals surface area contributed by atoms with Gasteiger partial charge in [-0.3, -0.25) is 9.97 Å². The van der Waals surface area contributed by atoms with Gasteiger partial charge in [-0.1, -0.05) is 52.0 Å². The smallest absolute Gasteiger partial charge is 0.0805 e. The topological polar surface area (TPSA) is 56.3 Å². The number of aryl methyl sites for hydroxylation is 2. The molecule has 2 heterocycles. The third-order valence-corrected chi connectivity index (χ3v) is 10.6. The number of anilines is 2. The number of hydrogen-bond donors (Lipinski definition) is 2. The lowest BCUT2D eigenvalue weighted by atomic mass is 10.0. The third kappa shape index (κ3) is 10.5. The number of pyridine rings is 2. The molecule has 0 fully saturated rings. The van der Waals surface area contributed by atoms with Crippen LogP contribution in [0.4, 0.5) is 11.4 Å². The molecule has 0 unspecified atom stereocenters. The fourth-order valence-electron chi connectivity index (χ4n) is 5.80. The number of fused-ring (bicyclic) bond motifs is 5. The Labute approximate surface area is 286 Å². The average molecular weight is 671 g/mol. The summed E-state index contributed by atoms with van der Waals surface area (Å²) in [7, 11) is 0. The van der Waals surface area contributed by atoms with Crippen LogP contribution in [0, 0.1) is 13.8 Å². The first-order chi connectivity index (χ1) is 21.5. The van der Waals surface area contributed by atoms with Crippen LogP contribution in [0.3, 0.4) is 0 Å². The summed E-state index contributed by atoms with van der Waals surface area (Å²) in [5.41, 5.74) is 6.54. The molecule has 6 nitrogen and oxygen atoms in total. The highest BCUT2D eigenvalue weighted by atomic mass is 35.5. The summed E-state index contributed by atoms with van der Waals surface area (Å²) in [6.45, 7) is 22.0. The first kappa shape index (κ1) is 37.5. The Hall–Kier alpha value is -1.97. The Morgan fingerprint density at radius 3 is 1.33 bits per heavy atom. The minimum absolute atomic E-state index is 0. The van der Waals surface area contributed by atoms with Crippen molar-refractivity contribution in [2.45, 2.75) is 54.4 Å². The van der Waals surface area contributed by atoms with Crippen molar-refractivity contribution in [3.8, 4) is 0 Å². The van der Waals surface area contributed by atoms with E-state index in [4.69, 9.17) is 9.97 Å². The number of halogens is 1. The van der Waals surface area contributed by atoms with Crippen LogP contribution in [-0.2, 0) is 0 Å². The van der Waals surface area contributed by atoms with Crippen LogP contribution < -0.4 is 10.6 Å². The lowest BCUT2D eigenvalue weighted by Gasteiger charge is -2.17. The molecule has 0 amide bonds. The molecule has 0 aliphatic rings.